The predicted molar refractivity (Wildman–Crippen MR) is 88.2 cm³/mol. The van der Waals surface area contributed by atoms with Crippen molar-refractivity contribution in [1.29, 1.82) is 0 Å². The van der Waals surface area contributed by atoms with Crippen molar-refractivity contribution in [3.63, 3.8) is 0 Å². The largest absolute Gasteiger partial charge is 0.369 e. The Bertz CT molecular complexity index is 587. The molecule has 1 fully saturated rings. The molecular weight excluding hydrogens is 277 g/mol. The van der Waals surface area contributed by atoms with Crippen molar-refractivity contribution in [2.45, 2.75) is 13.1 Å². The second-order valence-electron chi connectivity index (χ2n) is 5.76. The van der Waals surface area contributed by atoms with Crippen LogP contribution in [0.5, 0.6) is 0 Å². The van der Waals surface area contributed by atoms with Gasteiger partial charge in [-0.3, -0.25) is 4.90 Å². The van der Waals surface area contributed by atoms with Crippen molar-refractivity contribution in [3.8, 4) is 0 Å². The lowest BCUT2D eigenvalue weighted by molar-refractivity contribution is 0.250. The number of halogens is 1. The number of piperazine rings is 1. The van der Waals surface area contributed by atoms with E-state index in [4.69, 9.17) is 5.73 Å². The summed E-state index contributed by atoms with van der Waals surface area (Å²) in [5.41, 5.74) is 9.23. The first-order chi connectivity index (χ1) is 10.7. The van der Waals surface area contributed by atoms with Crippen molar-refractivity contribution in [1.82, 2.24) is 4.90 Å². The van der Waals surface area contributed by atoms with E-state index < -0.39 is 0 Å². The van der Waals surface area contributed by atoms with Gasteiger partial charge in [0, 0.05) is 45.0 Å². The molecule has 0 spiro atoms. The van der Waals surface area contributed by atoms with Crippen LogP contribution in [-0.2, 0) is 13.1 Å². The number of rotatable bonds is 4. The Labute approximate surface area is 131 Å². The maximum atomic E-state index is 12.9. The summed E-state index contributed by atoms with van der Waals surface area (Å²) in [4.78, 5) is 4.82. The third-order valence-corrected chi connectivity index (χ3v) is 4.23. The average Bonchev–Trinajstić information content (AvgIpc) is 2.58. The molecule has 116 valence electrons. The van der Waals surface area contributed by atoms with Gasteiger partial charge in [0.05, 0.1) is 0 Å². The molecule has 0 aromatic heterocycles. The molecule has 3 nitrogen and oxygen atoms in total. The fourth-order valence-corrected chi connectivity index (χ4v) is 2.86. The van der Waals surface area contributed by atoms with E-state index in [1.165, 1.54) is 28.9 Å². The molecule has 1 heterocycles. The number of anilines is 1. The molecule has 0 aliphatic carbocycles. The molecule has 1 aliphatic rings. The van der Waals surface area contributed by atoms with Crippen molar-refractivity contribution in [2.24, 2.45) is 5.73 Å². The SMILES string of the molecule is NCc1ccc(N2CCN(Cc3ccc(F)cc3)CC2)cc1. The zero-order chi connectivity index (χ0) is 15.4. The predicted octanol–water partition coefficient (Wildman–Crippen LogP) is 2.61. The Morgan fingerprint density at radius 1 is 0.818 bits per heavy atom. The fraction of sp³-hybridized carbons (Fsp3) is 0.333. The van der Waals surface area contributed by atoms with Crippen LogP contribution in [0.4, 0.5) is 10.1 Å². The molecule has 0 radical (unpaired) electrons. The van der Waals surface area contributed by atoms with Crippen molar-refractivity contribution in [2.75, 3.05) is 31.1 Å². The Morgan fingerprint density at radius 3 is 2.00 bits per heavy atom. The molecule has 4 heteroatoms. The van der Waals surface area contributed by atoms with Crippen LogP contribution >= 0.6 is 0 Å². The lowest BCUT2D eigenvalue weighted by atomic mass is 10.1. The summed E-state index contributed by atoms with van der Waals surface area (Å²) in [7, 11) is 0. The summed E-state index contributed by atoms with van der Waals surface area (Å²) in [5.74, 6) is -0.172. The first-order valence-corrected chi connectivity index (χ1v) is 7.75. The van der Waals surface area contributed by atoms with Crippen LogP contribution in [-0.4, -0.2) is 31.1 Å². The van der Waals surface area contributed by atoms with Gasteiger partial charge in [0.2, 0.25) is 0 Å². The van der Waals surface area contributed by atoms with E-state index in [0.29, 0.717) is 6.54 Å². The fourth-order valence-electron chi connectivity index (χ4n) is 2.86. The van der Waals surface area contributed by atoms with Crippen LogP contribution in [0, 0.1) is 5.82 Å². The molecule has 1 saturated heterocycles. The highest BCUT2D eigenvalue weighted by Gasteiger charge is 2.17. The molecular formula is C18H22FN3. The molecule has 2 N–H and O–H groups in total. The molecule has 22 heavy (non-hydrogen) atoms. The molecule has 1 aliphatic heterocycles. The standard InChI is InChI=1S/C18H22FN3/c19-17-5-1-16(2-6-17)14-21-9-11-22(12-10-21)18-7-3-15(13-20)4-8-18/h1-8H,9-14,20H2. The monoisotopic (exact) mass is 299 g/mol. The number of nitrogens with zero attached hydrogens (tertiary/aromatic N) is 2. The van der Waals surface area contributed by atoms with Crippen molar-refractivity contribution >= 4 is 5.69 Å². The van der Waals surface area contributed by atoms with Crippen molar-refractivity contribution < 1.29 is 4.39 Å². The summed E-state index contributed by atoms with van der Waals surface area (Å²) in [6.07, 6.45) is 0. The smallest absolute Gasteiger partial charge is 0.123 e. The molecule has 0 unspecified atom stereocenters. The quantitative estimate of drug-likeness (QED) is 0.942. The van der Waals surface area contributed by atoms with Gasteiger partial charge in [-0.15, -0.1) is 0 Å². The van der Waals surface area contributed by atoms with Gasteiger partial charge in [-0.05, 0) is 35.4 Å². The van der Waals surface area contributed by atoms with E-state index >= 15 is 0 Å². The van der Waals surface area contributed by atoms with Crippen LogP contribution in [0.2, 0.25) is 0 Å². The lowest BCUT2D eigenvalue weighted by Gasteiger charge is -2.36. The minimum absolute atomic E-state index is 0.172. The highest BCUT2D eigenvalue weighted by Crippen LogP contribution is 2.18. The molecule has 2 aromatic rings. The Hall–Kier alpha value is -1.91. The zero-order valence-electron chi connectivity index (χ0n) is 12.7. The second kappa shape index (κ2) is 6.90. The van der Waals surface area contributed by atoms with Crippen LogP contribution in [0.3, 0.4) is 0 Å². The summed E-state index contributed by atoms with van der Waals surface area (Å²) in [5, 5.41) is 0. The summed E-state index contributed by atoms with van der Waals surface area (Å²) >= 11 is 0. The number of nitrogens with two attached hydrogens (primary N) is 1. The Morgan fingerprint density at radius 2 is 1.41 bits per heavy atom. The van der Waals surface area contributed by atoms with E-state index in [1.54, 1.807) is 0 Å². The average molecular weight is 299 g/mol. The zero-order valence-corrected chi connectivity index (χ0v) is 12.7. The van der Waals surface area contributed by atoms with Gasteiger partial charge < -0.3 is 10.6 Å². The highest BCUT2D eigenvalue weighted by atomic mass is 19.1. The molecule has 0 saturated carbocycles. The van der Waals surface area contributed by atoms with Gasteiger partial charge in [-0.2, -0.15) is 0 Å². The van der Waals surface area contributed by atoms with Crippen LogP contribution in [0.1, 0.15) is 11.1 Å². The Kier molecular flexibility index (Phi) is 4.71. The third kappa shape index (κ3) is 3.64. The van der Waals surface area contributed by atoms with E-state index in [-0.39, 0.29) is 5.82 Å². The molecule has 0 amide bonds. The normalized spacial score (nSPS) is 16.0. The van der Waals surface area contributed by atoms with Crippen molar-refractivity contribution in [3.05, 3.63) is 65.5 Å². The van der Waals surface area contributed by atoms with E-state index in [1.807, 2.05) is 12.1 Å². The minimum atomic E-state index is -0.172. The maximum Gasteiger partial charge on any atom is 0.123 e. The molecule has 3 rings (SSSR count). The first-order valence-electron chi connectivity index (χ1n) is 7.75. The van der Waals surface area contributed by atoms with E-state index in [2.05, 4.69) is 34.1 Å². The van der Waals surface area contributed by atoms with Gasteiger partial charge in [0.15, 0.2) is 0 Å². The molecule has 0 atom stereocenters. The number of hydrogen-bond acceptors (Lipinski definition) is 3. The highest BCUT2D eigenvalue weighted by molar-refractivity contribution is 5.48. The second-order valence-corrected chi connectivity index (χ2v) is 5.76. The van der Waals surface area contributed by atoms with Crippen LogP contribution < -0.4 is 10.6 Å². The summed E-state index contributed by atoms with van der Waals surface area (Å²) < 4.78 is 12.9. The first kappa shape index (κ1) is 15.0. The third-order valence-electron chi connectivity index (χ3n) is 4.23. The van der Waals surface area contributed by atoms with Gasteiger partial charge in [0.25, 0.3) is 0 Å². The lowest BCUT2D eigenvalue weighted by Crippen LogP contribution is -2.45. The van der Waals surface area contributed by atoms with Gasteiger partial charge >= 0.3 is 0 Å². The molecule has 2 aromatic carbocycles. The number of benzene rings is 2. The van der Waals surface area contributed by atoms with Gasteiger partial charge in [-0.25, -0.2) is 4.39 Å². The topological polar surface area (TPSA) is 32.5 Å². The molecule has 0 bridgehead atoms. The van der Waals surface area contributed by atoms with Crippen LogP contribution in [0.25, 0.3) is 0 Å². The number of hydrogen-bond donors (Lipinski definition) is 1. The van der Waals surface area contributed by atoms with E-state index in [0.717, 1.165) is 32.7 Å². The minimum Gasteiger partial charge on any atom is -0.369 e. The summed E-state index contributed by atoms with van der Waals surface area (Å²) in [6.45, 7) is 5.56. The summed E-state index contributed by atoms with van der Waals surface area (Å²) in [6, 6.07) is 15.3. The Balaban J connectivity index is 1.54. The maximum absolute atomic E-state index is 12.9. The van der Waals surface area contributed by atoms with Gasteiger partial charge in [0.1, 0.15) is 5.82 Å². The van der Waals surface area contributed by atoms with Crippen LogP contribution in [0.15, 0.2) is 48.5 Å². The van der Waals surface area contributed by atoms with E-state index in [9.17, 15) is 4.39 Å². The van der Waals surface area contributed by atoms with Gasteiger partial charge in [-0.1, -0.05) is 24.3 Å².